The highest BCUT2D eigenvalue weighted by Crippen LogP contribution is 2.30. The van der Waals surface area contributed by atoms with Crippen LogP contribution in [0.1, 0.15) is 0 Å². The summed E-state index contributed by atoms with van der Waals surface area (Å²) in [6.07, 6.45) is 1.54. The zero-order valence-corrected chi connectivity index (χ0v) is 11.9. The molecule has 2 N–H and O–H groups in total. The summed E-state index contributed by atoms with van der Waals surface area (Å²) in [6.45, 7) is 0. The van der Waals surface area contributed by atoms with Crippen molar-refractivity contribution in [3.8, 4) is 0 Å². The van der Waals surface area contributed by atoms with Crippen LogP contribution in [-0.2, 0) is 0 Å². The minimum Gasteiger partial charge on any atom is -0.339 e. The standard InChI is InChI=1S/C11H5Cl3FN5/c12-6-1-4(2-7(13)8(6)15)17-9-5-3-16-20-10(5)19-11(14)18-9/h1-3H,(H2,16,17,18,19,20). The van der Waals surface area contributed by atoms with E-state index in [1.165, 1.54) is 12.1 Å². The fourth-order valence-corrected chi connectivity index (χ4v) is 2.32. The van der Waals surface area contributed by atoms with Crippen molar-refractivity contribution in [3.05, 3.63) is 39.5 Å². The van der Waals surface area contributed by atoms with Crippen LogP contribution in [0.3, 0.4) is 0 Å². The Bertz CT molecular complexity index is 781. The summed E-state index contributed by atoms with van der Waals surface area (Å²) < 4.78 is 13.4. The fraction of sp³-hybridized carbons (Fsp3) is 0. The first kappa shape index (κ1) is 13.4. The third kappa shape index (κ3) is 2.37. The zero-order chi connectivity index (χ0) is 14.3. The van der Waals surface area contributed by atoms with Gasteiger partial charge in [0, 0.05) is 5.69 Å². The van der Waals surface area contributed by atoms with Gasteiger partial charge in [-0.15, -0.1) is 0 Å². The van der Waals surface area contributed by atoms with Crippen LogP contribution in [0, 0.1) is 5.82 Å². The number of rotatable bonds is 2. The molecule has 3 rings (SSSR count). The van der Waals surface area contributed by atoms with Crippen LogP contribution < -0.4 is 5.32 Å². The summed E-state index contributed by atoms with van der Waals surface area (Å²) in [5.74, 6) is -0.263. The maximum atomic E-state index is 13.4. The van der Waals surface area contributed by atoms with Gasteiger partial charge in [0.1, 0.15) is 5.82 Å². The van der Waals surface area contributed by atoms with Gasteiger partial charge in [0.25, 0.3) is 0 Å². The van der Waals surface area contributed by atoms with Crippen molar-refractivity contribution in [1.29, 1.82) is 0 Å². The molecule has 5 nitrogen and oxygen atoms in total. The second-order valence-electron chi connectivity index (χ2n) is 3.85. The second-order valence-corrected chi connectivity index (χ2v) is 5.00. The minimum absolute atomic E-state index is 0.0450. The van der Waals surface area contributed by atoms with Crippen LogP contribution in [-0.4, -0.2) is 20.2 Å². The van der Waals surface area contributed by atoms with E-state index in [0.717, 1.165) is 0 Å². The molecule has 1 aromatic carbocycles. The van der Waals surface area contributed by atoms with Crippen LogP contribution in [0.5, 0.6) is 0 Å². The maximum Gasteiger partial charge on any atom is 0.226 e. The number of anilines is 2. The summed E-state index contributed by atoms with van der Waals surface area (Å²) in [4.78, 5) is 8.03. The lowest BCUT2D eigenvalue weighted by atomic mass is 10.3. The SMILES string of the molecule is Fc1c(Cl)cc(Nc2nc(Cl)nc3[nH]ncc23)cc1Cl. The highest BCUT2D eigenvalue weighted by Gasteiger charge is 2.11. The first-order valence-corrected chi connectivity index (χ1v) is 6.46. The minimum atomic E-state index is -0.673. The topological polar surface area (TPSA) is 66.5 Å². The van der Waals surface area contributed by atoms with Crippen LogP contribution in [0.15, 0.2) is 18.3 Å². The van der Waals surface area contributed by atoms with Gasteiger partial charge in [0.05, 0.1) is 21.6 Å². The van der Waals surface area contributed by atoms with Crippen molar-refractivity contribution in [1.82, 2.24) is 20.2 Å². The number of aromatic amines is 1. The quantitative estimate of drug-likeness (QED) is 0.545. The van der Waals surface area contributed by atoms with E-state index in [4.69, 9.17) is 34.8 Å². The molecule has 0 saturated heterocycles. The number of nitrogens with zero attached hydrogens (tertiary/aromatic N) is 3. The average molecular weight is 333 g/mol. The summed E-state index contributed by atoms with van der Waals surface area (Å²) in [7, 11) is 0. The predicted molar refractivity (Wildman–Crippen MR) is 76.4 cm³/mol. The number of fused-ring (bicyclic) bond motifs is 1. The van der Waals surface area contributed by atoms with Crippen molar-refractivity contribution in [2.45, 2.75) is 0 Å². The molecule has 0 aliphatic rings. The summed E-state index contributed by atoms with van der Waals surface area (Å²) in [6, 6.07) is 2.79. The smallest absolute Gasteiger partial charge is 0.226 e. The van der Waals surface area contributed by atoms with E-state index in [0.29, 0.717) is 22.5 Å². The number of halogens is 4. The van der Waals surface area contributed by atoms with Gasteiger partial charge < -0.3 is 5.32 Å². The molecule has 0 saturated carbocycles. The first-order valence-electron chi connectivity index (χ1n) is 5.33. The Morgan fingerprint density at radius 1 is 1.10 bits per heavy atom. The lowest BCUT2D eigenvalue weighted by molar-refractivity contribution is 0.629. The Hall–Kier alpha value is -1.63. The number of hydrogen-bond acceptors (Lipinski definition) is 4. The van der Waals surface area contributed by atoms with Gasteiger partial charge in [-0.05, 0) is 23.7 Å². The molecule has 0 aliphatic carbocycles. The summed E-state index contributed by atoms with van der Waals surface area (Å²) in [5.41, 5.74) is 0.950. The molecule has 3 aromatic rings. The van der Waals surface area contributed by atoms with Crippen LogP contribution in [0.2, 0.25) is 15.3 Å². The lowest BCUT2D eigenvalue weighted by Crippen LogP contribution is -1.97. The number of aromatic nitrogens is 4. The van der Waals surface area contributed by atoms with E-state index in [2.05, 4.69) is 25.5 Å². The normalized spacial score (nSPS) is 11.0. The largest absolute Gasteiger partial charge is 0.339 e. The van der Waals surface area contributed by atoms with E-state index in [1.807, 2.05) is 0 Å². The molecular weight excluding hydrogens is 328 g/mol. The van der Waals surface area contributed by atoms with Gasteiger partial charge in [-0.1, -0.05) is 23.2 Å². The summed E-state index contributed by atoms with van der Waals surface area (Å²) >= 11 is 17.3. The Labute approximate surface area is 127 Å². The van der Waals surface area contributed by atoms with Crippen molar-refractivity contribution in [3.63, 3.8) is 0 Å². The monoisotopic (exact) mass is 331 g/mol. The van der Waals surface area contributed by atoms with E-state index in [9.17, 15) is 4.39 Å². The second kappa shape index (κ2) is 5.05. The Kier molecular flexibility index (Phi) is 3.37. The Balaban J connectivity index is 2.07. The molecule has 2 heterocycles. The average Bonchev–Trinajstić information content (AvgIpc) is 2.84. The van der Waals surface area contributed by atoms with E-state index < -0.39 is 5.82 Å². The molecular formula is C11H5Cl3FN5. The van der Waals surface area contributed by atoms with Gasteiger partial charge in [-0.3, -0.25) is 5.10 Å². The molecule has 0 fully saturated rings. The molecule has 20 heavy (non-hydrogen) atoms. The van der Waals surface area contributed by atoms with Crippen molar-refractivity contribution in [2.24, 2.45) is 0 Å². The molecule has 2 aromatic heterocycles. The van der Waals surface area contributed by atoms with Crippen molar-refractivity contribution < 1.29 is 4.39 Å². The molecule has 9 heteroatoms. The zero-order valence-electron chi connectivity index (χ0n) is 9.59. The van der Waals surface area contributed by atoms with Crippen molar-refractivity contribution >= 4 is 57.3 Å². The first-order chi connectivity index (χ1) is 9.54. The molecule has 0 unspecified atom stereocenters. The van der Waals surface area contributed by atoms with Crippen LogP contribution in [0.25, 0.3) is 11.0 Å². The van der Waals surface area contributed by atoms with Crippen LogP contribution >= 0.6 is 34.8 Å². The number of benzene rings is 1. The van der Waals surface area contributed by atoms with Gasteiger partial charge in [-0.25, -0.2) is 4.39 Å². The van der Waals surface area contributed by atoms with Gasteiger partial charge in [-0.2, -0.15) is 15.1 Å². The van der Waals surface area contributed by atoms with E-state index in [1.54, 1.807) is 6.20 Å². The molecule has 0 bridgehead atoms. The Morgan fingerprint density at radius 3 is 2.50 bits per heavy atom. The highest BCUT2D eigenvalue weighted by molar-refractivity contribution is 6.35. The van der Waals surface area contributed by atoms with Gasteiger partial charge in [0.2, 0.25) is 5.28 Å². The van der Waals surface area contributed by atoms with Gasteiger partial charge >= 0.3 is 0 Å². The molecule has 102 valence electrons. The van der Waals surface area contributed by atoms with Crippen LogP contribution in [0.4, 0.5) is 15.9 Å². The number of H-pyrrole nitrogens is 1. The molecule has 0 aliphatic heterocycles. The van der Waals surface area contributed by atoms with E-state index >= 15 is 0 Å². The third-order valence-electron chi connectivity index (χ3n) is 2.53. The lowest BCUT2D eigenvalue weighted by Gasteiger charge is -2.08. The third-order valence-corrected chi connectivity index (χ3v) is 3.25. The van der Waals surface area contributed by atoms with E-state index in [-0.39, 0.29) is 15.3 Å². The Morgan fingerprint density at radius 2 is 1.80 bits per heavy atom. The van der Waals surface area contributed by atoms with Crippen molar-refractivity contribution in [2.75, 3.05) is 5.32 Å². The highest BCUT2D eigenvalue weighted by atomic mass is 35.5. The molecule has 0 radical (unpaired) electrons. The fourth-order valence-electron chi connectivity index (χ4n) is 1.67. The predicted octanol–water partition coefficient (Wildman–Crippen LogP) is 4.20. The number of hydrogen-bond donors (Lipinski definition) is 2. The van der Waals surface area contributed by atoms with Gasteiger partial charge in [0.15, 0.2) is 11.5 Å². The summed E-state index contributed by atoms with van der Waals surface area (Å²) in [5, 5.41) is 9.98. The maximum absolute atomic E-state index is 13.4. The molecule has 0 amide bonds. The number of nitrogens with one attached hydrogen (secondary N) is 2. The molecule has 0 spiro atoms. The molecule has 0 atom stereocenters.